The van der Waals surface area contributed by atoms with Gasteiger partial charge < -0.3 is 18.9 Å². The Hall–Kier alpha value is -1.89. The van der Waals surface area contributed by atoms with Gasteiger partial charge in [0.25, 0.3) is 5.91 Å². The minimum Gasteiger partial charge on any atom is -0.452 e. The summed E-state index contributed by atoms with van der Waals surface area (Å²) in [4.78, 5) is 25.2. The fourth-order valence-electron chi connectivity index (χ4n) is 1.88. The van der Waals surface area contributed by atoms with E-state index >= 15 is 0 Å². The summed E-state index contributed by atoms with van der Waals surface area (Å²) in [6, 6.07) is 0. The van der Waals surface area contributed by atoms with Gasteiger partial charge in [-0.15, -0.1) is 0 Å². The van der Waals surface area contributed by atoms with Gasteiger partial charge in [0, 0.05) is 13.1 Å². The van der Waals surface area contributed by atoms with Crippen LogP contribution in [0.25, 0.3) is 0 Å². The largest absolute Gasteiger partial charge is 0.452 e. The van der Waals surface area contributed by atoms with Crippen LogP contribution in [0.5, 0.6) is 0 Å². The second kappa shape index (κ2) is 5.83. The topological polar surface area (TPSA) is 81.9 Å². The van der Waals surface area contributed by atoms with Crippen molar-refractivity contribution < 1.29 is 23.6 Å². The van der Waals surface area contributed by atoms with Crippen molar-refractivity contribution in [3.63, 3.8) is 0 Å². The molecule has 1 fully saturated rings. The average Bonchev–Trinajstić information content (AvgIpc) is 2.76. The highest BCUT2D eigenvalue weighted by Gasteiger charge is 2.22. The van der Waals surface area contributed by atoms with Gasteiger partial charge in [-0.3, -0.25) is 4.79 Å². The third kappa shape index (κ3) is 3.11. The predicted octanol–water partition coefficient (Wildman–Crippen LogP) is 0.307. The van der Waals surface area contributed by atoms with Crippen LogP contribution in [-0.2, 0) is 14.3 Å². The van der Waals surface area contributed by atoms with E-state index in [4.69, 9.17) is 14.0 Å². The number of morpholine rings is 1. The quantitative estimate of drug-likeness (QED) is 0.734. The smallest absolute Gasteiger partial charge is 0.344 e. The number of esters is 1. The van der Waals surface area contributed by atoms with Crippen LogP contribution in [0.2, 0.25) is 0 Å². The van der Waals surface area contributed by atoms with Crippen LogP contribution < -0.4 is 0 Å². The Morgan fingerprint density at radius 2 is 2.00 bits per heavy atom. The number of aryl methyl sites for hydroxylation is 2. The number of hydrogen-bond acceptors (Lipinski definition) is 6. The molecule has 19 heavy (non-hydrogen) atoms. The van der Waals surface area contributed by atoms with Gasteiger partial charge in [-0.2, -0.15) is 0 Å². The summed E-state index contributed by atoms with van der Waals surface area (Å²) in [6.07, 6.45) is 0. The van der Waals surface area contributed by atoms with Crippen molar-refractivity contribution in [2.45, 2.75) is 13.8 Å². The molecule has 0 aliphatic carbocycles. The number of hydrogen-bond donors (Lipinski definition) is 0. The zero-order valence-corrected chi connectivity index (χ0v) is 11.0. The first-order chi connectivity index (χ1) is 9.09. The van der Waals surface area contributed by atoms with Crippen molar-refractivity contribution >= 4 is 11.9 Å². The van der Waals surface area contributed by atoms with Gasteiger partial charge >= 0.3 is 5.97 Å². The summed E-state index contributed by atoms with van der Waals surface area (Å²) in [5, 5.41) is 3.67. The molecular weight excluding hydrogens is 252 g/mol. The molecule has 7 heteroatoms. The van der Waals surface area contributed by atoms with Crippen LogP contribution in [0.15, 0.2) is 4.52 Å². The molecule has 1 aliphatic rings. The van der Waals surface area contributed by atoms with E-state index in [9.17, 15) is 9.59 Å². The van der Waals surface area contributed by atoms with Crippen molar-refractivity contribution in [3.05, 3.63) is 17.0 Å². The third-order valence-electron chi connectivity index (χ3n) is 2.93. The summed E-state index contributed by atoms with van der Waals surface area (Å²) >= 11 is 0. The Bertz CT molecular complexity index is 457. The second-order valence-electron chi connectivity index (χ2n) is 4.27. The summed E-state index contributed by atoms with van der Waals surface area (Å²) in [6.45, 7) is 5.09. The first-order valence-corrected chi connectivity index (χ1v) is 6.05. The van der Waals surface area contributed by atoms with E-state index in [1.165, 1.54) is 0 Å². The monoisotopic (exact) mass is 268 g/mol. The Labute approximate surface area is 110 Å². The lowest BCUT2D eigenvalue weighted by Crippen LogP contribution is -2.42. The second-order valence-corrected chi connectivity index (χ2v) is 4.27. The van der Waals surface area contributed by atoms with Crippen LogP contribution in [0, 0.1) is 13.8 Å². The SMILES string of the molecule is Cc1noc(C)c1C(=O)OCC(=O)N1CCOCC1. The van der Waals surface area contributed by atoms with Crippen molar-refractivity contribution in [3.8, 4) is 0 Å². The number of ether oxygens (including phenoxy) is 2. The highest BCUT2D eigenvalue weighted by Crippen LogP contribution is 2.13. The molecule has 1 aromatic rings. The minimum absolute atomic E-state index is 0.219. The van der Waals surface area contributed by atoms with Gasteiger partial charge in [-0.25, -0.2) is 4.79 Å². The molecule has 0 N–H and O–H groups in total. The molecule has 1 saturated heterocycles. The lowest BCUT2D eigenvalue weighted by Gasteiger charge is -2.26. The van der Waals surface area contributed by atoms with E-state index in [-0.39, 0.29) is 18.1 Å². The molecule has 104 valence electrons. The molecule has 1 amide bonds. The van der Waals surface area contributed by atoms with Crippen LogP contribution >= 0.6 is 0 Å². The number of aromatic nitrogens is 1. The van der Waals surface area contributed by atoms with Crippen molar-refractivity contribution in [2.75, 3.05) is 32.9 Å². The third-order valence-corrected chi connectivity index (χ3v) is 2.93. The predicted molar refractivity (Wildman–Crippen MR) is 63.7 cm³/mol. The van der Waals surface area contributed by atoms with Gasteiger partial charge in [-0.05, 0) is 13.8 Å². The summed E-state index contributed by atoms with van der Waals surface area (Å²) in [5.74, 6) is -0.414. The summed E-state index contributed by atoms with van der Waals surface area (Å²) in [7, 11) is 0. The molecule has 0 unspecified atom stereocenters. The fourth-order valence-corrected chi connectivity index (χ4v) is 1.88. The number of nitrogens with zero attached hydrogens (tertiary/aromatic N) is 2. The standard InChI is InChI=1S/C12H16N2O5/c1-8-11(9(2)19-13-8)12(16)18-7-10(15)14-3-5-17-6-4-14/h3-7H2,1-2H3. The van der Waals surface area contributed by atoms with E-state index in [1.54, 1.807) is 18.7 Å². The van der Waals surface area contributed by atoms with Crippen molar-refractivity contribution in [2.24, 2.45) is 0 Å². The first-order valence-electron chi connectivity index (χ1n) is 6.05. The Kier molecular flexibility index (Phi) is 4.16. The number of rotatable bonds is 3. The fraction of sp³-hybridized carbons (Fsp3) is 0.583. The molecule has 1 aliphatic heterocycles. The number of carbonyl (C=O) groups excluding carboxylic acids is 2. The van der Waals surface area contributed by atoms with E-state index < -0.39 is 5.97 Å². The van der Waals surface area contributed by atoms with E-state index in [0.717, 1.165) is 0 Å². The van der Waals surface area contributed by atoms with Gasteiger partial charge in [0.05, 0.1) is 18.9 Å². The van der Waals surface area contributed by atoms with Gasteiger partial charge in [-0.1, -0.05) is 5.16 Å². The van der Waals surface area contributed by atoms with Gasteiger partial charge in [0.15, 0.2) is 6.61 Å². The Balaban J connectivity index is 1.88. The summed E-state index contributed by atoms with van der Waals surface area (Å²) < 4.78 is 15.0. The van der Waals surface area contributed by atoms with E-state index in [0.29, 0.717) is 37.8 Å². The highest BCUT2D eigenvalue weighted by atomic mass is 16.5. The van der Waals surface area contributed by atoms with Gasteiger partial charge in [0.2, 0.25) is 0 Å². The van der Waals surface area contributed by atoms with E-state index in [2.05, 4.69) is 5.16 Å². The normalized spacial score (nSPS) is 15.4. The average molecular weight is 268 g/mol. The maximum atomic E-state index is 11.8. The molecule has 2 heterocycles. The molecule has 0 saturated carbocycles. The highest BCUT2D eigenvalue weighted by molar-refractivity contribution is 5.93. The zero-order valence-electron chi connectivity index (χ0n) is 11.0. The number of amides is 1. The molecule has 0 atom stereocenters. The van der Waals surface area contributed by atoms with Crippen LogP contribution in [-0.4, -0.2) is 54.8 Å². The first kappa shape index (κ1) is 13.5. The Morgan fingerprint density at radius 1 is 1.32 bits per heavy atom. The van der Waals surface area contributed by atoms with Crippen LogP contribution in [0.4, 0.5) is 0 Å². The maximum absolute atomic E-state index is 11.8. The van der Waals surface area contributed by atoms with E-state index in [1.807, 2.05) is 0 Å². The molecule has 0 spiro atoms. The molecule has 0 radical (unpaired) electrons. The van der Waals surface area contributed by atoms with Crippen molar-refractivity contribution in [1.29, 1.82) is 0 Å². The van der Waals surface area contributed by atoms with Crippen LogP contribution in [0.3, 0.4) is 0 Å². The lowest BCUT2D eigenvalue weighted by atomic mass is 10.2. The Morgan fingerprint density at radius 3 is 2.58 bits per heavy atom. The van der Waals surface area contributed by atoms with Gasteiger partial charge in [0.1, 0.15) is 11.3 Å². The van der Waals surface area contributed by atoms with Crippen molar-refractivity contribution in [1.82, 2.24) is 10.1 Å². The minimum atomic E-state index is -0.585. The maximum Gasteiger partial charge on any atom is 0.344 e. The lowest BCUT2D eigenvalue weighted by molar-refractivity contribution is -0.138. The molecule has 2 rings (SSSR count). The molecule has 0 aromatic carbocycles. The summed E-state index contributed by atoms with van der Waals surface area (Å²) in [5.41, 5.74) is 0.746. The number of carbonyl (C=O) groups is 2. The molecule has 7 nitrogen and oxygen atoms in total. The molecule has 1 aromatic heterocycles. The molecule has 0 bridgehead atoms. The van der Waals surface area contributed by atoms with Crippen LogP contribution in [0.1, 0.15) is 21.8 Å². The zero-order chi connectivity index (χ0) is 13.8. The molecular formula is C12H16N2O5.